The molecule has 2 saturated carbocycles. The molecule has 0 aliphatic heterocycles. The van der Waals surface area contributed by atoms with Crippen LogP contribution < -0.4 is 14.8 Å². The maximum atomic E-state index is 12.6. The van der Waals surface area contributed by atoms with Crippen LogP contribution in [0.5, 0.6) is 11.5 Å². The first-order valence-corrected chi connectivity index (χ1v) is 10.4. The topological polar surface area (TPSA) is 65.4 Å². The summed E-state index contributed by atoms with van der Waals surface area (Å²) in [4.78, 5) is 12.6. The zero-order chi connectivity index (χ0) is 19.5. The van der Waals surface area contributed by atoms with Crippen molar-refractivity contribution in [3.63, 3.8) is 0 Å². The lowest BCUT2D eigenvalue weighted by atomic mass is 10.2. The smallest absolute Gasteiger partial charge is 0.251 e. The molecule has 150 valence electrons. The molecule has 1 amide bonds. The van der Waals surface area contributed by atoms with Crippen LogP contribution >= 0.6 is 0 Å². The first-order valence-electron chi connectivity index (χ1n) is 10.4. The average Bonchev–Trinajstić information content (AvgIpc) is 3.62. The lowest BCUT2D eigenvalue weighted by molar-refractivity contribution is 0.0951. The Morgan fingerprint density at radius 2 is 1.79 bits per heavy atom. The first kappa shape index (κ1) is 18.8. The molecule has 0 saturated heterocycles. The summed E-state index contributed by atoms with van der Waals surface area (Å²) in [6.07, 6.45) is 5.04. The number of hydrogen-bond donors (Lipinski definition) is 1. The number of rotatable bonds is 10. The van der Waals surface area contributed by atoms with Gasteiger partial charge in [-0.2, -0.15) is 5.10 Å². The van der Waals surface area contributed by atoms with Crippen LogP contribution in [-0.4, -0.2) is 35.4 Å². The highest BCUT2D eigenvalue weighted by Gasteiger charge is 2.32. The number of amides is 1. The second-order valence-corrected chi connectivity index (χ2v) is 7.55. The van der Waals surface area contributed by atoms with Gasteiger partial charge in [-0.25, -0.2) is 0 Å². The molecule has 1 N–H and O–H groups in total. The summed E-state index contributed by atoms with van der Waals surface area (Å²) >= 11 is 0. The fourth-order valence-corrected chi connectivity index (χ4v) is 3.49. The highest BCUT2D eigenvalue weighted by Crippen LogP contribution is 2.44. The third-order valence-electron chi connectivity index (χ3n) is 5.24. The molecule has 0 bridgehead atoms. The van der Waals surface area contributed by atoms with E-state index in [1.165, 1.54) is 37.1 Å². The maximum absolute atomic E-state index is 12.6. The summed E-state index contributed by atoms with van der Waals surface area (Å²) in [7, 11) is 0. The number of nitrogens with one attached hydrogen (secondary N) is 1. The van der Waals surface area contributed by atoms with Crippen molar-refractivity contribution in [1.29, 1.82) is 0 Å². The average molecular weight is 383 g/mol. The Bertz CT molecular complexity index is 838. The molecule has 0 spiro atoms. The number of hydrogen-bond acceptors (Lipinski definition) is 4. The van der Waals surface area contributed by atoms with Gasteiger partial charge < -0.3 is 14.8 Å². The van der Waals surface area contributed by atoms with Gasteiger partial charge >= 0.3 is 0 Å². The predicted molar refractivity (Wildman–Crippen MR) is 107 cm³/mol. The van der Waals surface area contributed by atoms with Gasteiger partial charge in [0, 0.05) is 29.6 Å². The third kappa shape index (κ3) is 4.32. The van der Waals surface area contributed by atoms with E-state index in [4.69, 9.17) is 14.6 Å². The van der Waals surface area contributed by atoms with Crippen molar-refractivity contribution in [3.05, 3.63) is 41.2 Å². The van der Waals surface area contributed by atoms with E-state index in [1.54, 1.807) is 18.2 Å². The molecule has 2 fully saturated rings. The zero-order valence-electron chi connectivity index (χ0n) is 16.7. The van der Waals surface area contributed by atoms with Crippen LogP contribution in [-0.2, 0) is 6.54 Å². The second kappa shape index (κ2) is 8.25. The molecule has 6 heteroatoms. The van der Waals surface area contributed by atoms with Crippen molar-refractivity contribution in [2.75, 3.05) is 19.8 Å². The van der Waals surface area contributed by atoms with Gasteiger partial charge in [-0.15, -0.1) is 0 Å². The first-order chi connectivity index (χ1) is 13.7. The molecule has 4 rings (SSSR count). The monoisotopic (exact) mass is 383 g/mol. The maximum Gasteiger partial charge on any atom is 0.251 e. The van der Waals surface area contributed by atoms with E-state index < -0.39 is 0 Å². The van der Waals surface area contributed by atoms with E-state index in [0.717, 1.165) is 0 Å². The van der Waals surface area contributed by atoms with Crippen LogP contribution in [0.3, 0.4) is 0 Å². The lowest BCUT2D eigenvalue weighted by Gasteiger charge is -2.13. The molecule has 6 nitrogen and oxygen atoms in total. The van der Waals surface area contributed by atoms with Crippen molar-refractivity contribution in [2.45, 2.75) is 57.9 Å². The Kier molecular flexibility index (Phi) is 5.55. The summed E-state index contributed by atoms with van der Waals surface area (Å²) in [5.41, 5.74) is 3.16. The summed E-state index contributed by atoms with van der Waals surface area (Å²) in [5, 5.41) is 7.82. The minimum absolute atomic E-state index is 0.105. The van der Waals surface area contributed by atoms with Crippen LogP contribution in [0, 0.1) is 0 Å². The molecule has 0 radical (unpaired) electrons. The zero-order valence-corrected chi connectivity index (χ0v) is 16.7. The van der Waals surface area contributed by atoms with E-state index in [-0.39, 0.29) is 5.91 Å². The Labute approximate surface area is 166 Å². The third-order valence-corrected chi connectivity index (χ3v) is 5.24. The summed E-state index contributed by atoms with van der Waals surface area (Å²) in [6.45, 7) is 6.19. The van der Waals surface area contributed by atoms with Crippen LogP contribution in [0.2, 0.25) is 0 Å². The van der Waals surface area contributed by atoms with Crippen molar-refractivity contribution < 1.29 is 14.3 Å². The van der Waals surface area contributed by atoms with E-state index in [9.17, 15) is 4.79 Å². The normalized spacial score (nSPS) is 16.1. The number of aromatic nitrogens is 2. The van der Waals surface area contributed by atoms with Gasteiger partial charge in [-0.1, -0.05) is 0 Å². The molecule has 0 unspecified atom stereocenters. The van der Waals surface area contributed by atoms with Gasteiger partial charge in [0.1, 0.15) is 0 Å². The Hall–Kier alpha value is -2.50. The van der Waals surface area contributed by atoms with Crippen LogP contribution in [0.1, 0.15) is 73.1 Å². The Balaban J connectivity index is 1.37. The van der Waals surface area contributed by atoms with E-state index in [0.29, 0.717) is 55.2 Å². The van der Waals surface area contributed by atoms with Gasteiger partial charge in [-0.3, -0.25) is 9.48 Å². The van der Waals surface area contributed by atoms with E-state index in [1.807, 2.05) is 13.8 Å². The summed E-state index contributed by atoms with van der Waals surface area (Å²) < 4.78 is 13.3. The van der Waals surface area contributed by atoms with Crippen LogP contribution in [0.15, 0.2) is 24.3 Å². The minimum Gasteiger partial charge on any atom is -0.490 e. The molecule has 1 heterocycles. The highest BCUT2D eigenvalue weighted by atomic mass is 16.5. The van der Waals surface area contributed by atoms with Gasteiger partial charge in [0.2, 0.25) is 0 Å². The predicted octanol–water partition coefficient (Wildman–Crippen LogP) is 3.87. The van der Waals surface area contributed by atoms with Gasteiger partial charge in [0.15, 0.2) is 11.5 Å². The van der Waals surface area contributed by atoms with Gasteiger partial charge in [0.05, 0.1) is 25.5 Å². The number of carbonyl (C=O) groups is 1. The van der Waals surface area contributed by atoms with Crippen molar-refractivity contribution in [3.8, 4) is 11.5 Å². The van der Waals surface area contributed by atoms with Crippen LogP contribution in [0.25, 0.3) is 0 Å². The number of carbonyl (C=O) groups excluding carboxylic acids is 1. The highest BCUT2D eigenvalue weighted by molar-refractivity contribution is 5.94. The molecule has 2 aliphatic rings. The fraction of sp³-hybridized carbons (Fsp3) is 0.545. The summed E-state index contributed by atoms with van der Waals surface area (Å²) in [6, 6.07) is 7.61. The van der Waals surface area contributed by atoms with Crippen molar-refractivity contribution in [1.82, 2.24) is 15.1 Å². The molecule has 28 heavy (non-hydrogen) atoms. The minimum atomic E-state index is -0.105. The SMILES string of the molecule is CCOc1ccc(C(=O)NCCn2nc(C3CC3)cc2C2CC2)cc1OCC. The van der Waals surface area contributed by atoms with Crippen molar-refractivity contribution >= 4 is 5.91 Å². The Morgan fingerprint density at radius 3 is 2.46 bits per heavy atom. The van der Waals surface area contributed by atoms with Gasteiger partial charge in [-0.05, 0) is 63.8 Å². The molecule has 2 aromatic rings. The molecule has 2 aliphatic carbocycles. The Morgan fingerprint density at radius 1 is 1.07 bits per heavy atom. The molecule has 1 aromatic heterocycles. The van der Waals surface area contributed by atoms with Crippen LogP contribution in [0.4, 0.5) is 0 Å². The van der Waals surface area contributed by atoms with E-state index >= 15 is 0 Å². The number of benzene rings is 1. The van der Waals surface area contributed by atoms with Gasteiger partial charge in [0.25, 0.3) is 5.91 Å². The molecular formula is C22H29N3O3. The van der Waals surface area contributed by atoms with Crippen molar-refractivity contribution in [2.24, 2.45) is 0 Å². The fourth-order valence-electron chi connectivity index (χ4n) is 3.49. The molecular weight excluding hydrogens is 354 g/mol. The standard InChI is InChI=1S/C22H29N3O3/c1-3-27-20-10-9-17(13-21(20)28-4-2)22(26)23-11-12-25-19(16-7-8-16)14-18(24-25)15-5-6-15/h9-10,13-16H,3-8,11-12H2,1-2H3,(H,23,26). The number of ether oxygens (including phenoxy) is 2. The molecule has 0 atom stereocenters. The second-order valence-electron chi connectivity index (χ2n) is 7.55. The largest absolute Gasteiger partial charge is 0.490 e. The summed E-state index contributed by atoms with van der Waals surface area (Å²) in [5.74, 6) is 2.49. The van der Waals surface area contributed by atoms with E-state index in [2.05, 4.69) is 16.1 Å². The molecule has 1 aromatic carbocycles. The quantitative estimate of drug-likeness (QED) is 0.676. The number of nitrogens with zero attached hydrogens (tertiary/aromatic N) is 2. The lowest BCUT2D eigenvalue weighted by Crippen LogP contribution is -2.28.